The molecule has 9 nitrogen and oxygen atoms in total. The van der Waals surface area contributed by atoms with Gasteiger partial charge in [-0.2, -0.15) is 0 Å². The molecule has 0 aromatic rings. The molecule has 0 bridgehead atoms. The van der Waals surface area contributed by atoms with Gasteiger partial charge in [0.1, 0.15) is 19.8 Å². The monoisotopic (exact) mass is 723 g/mol. The van der Waals surface area contributed by atoms with Crippen LogP contribution in [-0.4, -0.2) is 70.0 Å². The zero-order chi connectivity index (χ0) is 37.2. The van der Waals surface area contributed by atoms with Crippen LogP contribution in [0.25, 0.3) is 0 Å². The van der Waals surface area contributed by atoms with Crippen LogP contribution in [0.4, 0.5) is 0 Å². The number of hydrogen-bond acceptors (Lipinski definition) is 8. The van der Waals surface area contributed by atoms with Crippen LogP contribution in [0.2, 0.25) is 0 Å². The van der Waals surface area contributed by atoms with E-state index in [1.165, 1.54) is 19.3 Å². The van der Waals surface area contributed by atoms with Crippen LogP contribution in [0.1, 0.15) is 129 Å². The van der Waals surface area contributed by atoms with E-state index < -0.39 is 32.5 Å². The van der Waals surface area contributed by atoms with Crippen LogP contribution < -0.4 is 4.89 Å². The SMILES string of the molecule is CC/C=C/C/C=C/C/C=C/C/C=C/C/C=C/CCCCCC(=O)O[C@H](COC(=O)CCCCCCCCC)COP(=O)([O-])OCC[N+](C)(C)C. The van der Waals surface area contributed by atoms with E-state index in [0.29, 0.717) is 17.4 Å². The number of quaternary nitrogens is 1. The number of hydrogen-bond donors (Lipinski definition) is 0. The maximum Gasteiger partial charge on any atom is 0.306 e. The topological polar surface area (TPSA) is 111 Å². The Labute approximate surface area is 305 Å². The van der Waals surface area contributed by atoms with E-state index in [2.05, 4.69) is 74.6 Å². The third kappa shape index (κ3) is 35.5. The molecule has 0 aromatic carbocycles. The van der Waals surface area contributed by atoms with Gasteiger partial charge < -0.3 is 27.9 Å². The fourth-order valence-electron chi connectivity index (χ4n) is 4.56. The third-order valence-corrected chi connectivity index (χ3v) is 8.52. The smallest absolute Gasteiger partial charge is 0.306 e. The maximum absolute atomic E-state index is 12.6. The van der Waals surface area contributed by atoms with Crippen molar-refractivity contribution in [2.24, 2.45) is 0 Å². The fourth-order valence-corrected chi connectivity index (χ4v) is 5.29. The van der Waals surface area contributed by atoms with Crippen molar-refractivity contribution in [3.63, 3.8) is 0 Å². The van der Waals surface area contributed by atoms with Crippen LogP contribution in [-0.2, 0) is 32.7 Å². The average molecular weight is 724 g/mol. The van der Waals surface area contributed by atoms with Gasteiger partial charge in [-0.3, -0.25) is 14.2 Å². The Morgan fingerprint density at radius 3 is 1.70 bits per heavy atom. The summed E-state index contributed by atoms with van der Waals surface area (Å²) in [6.45, 7) is 3.99. The molecular weight excluding hydrogens is 653 g/mol. The zero-order valence-electron chi connectivity index (χ0n) is 32.1. The first-order chi connectivity index (χ1) is 24.0. The van der Waals surface area contributed by atoms with Gasteiger partial charge in [0.05, 0.1) is 27.7 Å². The number of rotatable bonds is 33. The lowest BCUT2D eigenvalue weighted by molar-refractivity contribution is -0.870. The molecule has 0 aromatic heterocycles. The van der Waals surface area contributed by atoms with Crippen LogP contribution in [0.15, 0.2) is 60.8 Å². The number of allylic oxidation sites excluding steroid dienone is 10. The molecule has 0 rings (SSSR count). The van der Waals surface area contributed by atoms with E-state index >= 15 is 0 Å². The predicted octanol–water partition coefficient (Wildman–Crippen LogP) is 9.49. The Morgan fingerprint density at radius 1 is 0.640 bits per heavy atom. The van der Waals surface area contributed by atoms with Crippen molar-refractivity contribution in [2.75, 3.05) is 47.5 Å². The van der Waals surface area contributed by atoms with E-state index in [-0.39, 0.29) is 26.1 Å². The second kappa shape index (κ2) is 32.6. The average Bonchev–Trinajstić information content (AvgIpc) is 3.06. The second-order valence-corrected chi connectivity index (χ2v) is 15.0. The predicted molar refractivity (Wildman–Crippen MR) is 203 cm³/mol. The quantitative estimate of drug-likeness (QED) is 0.0217. The first-order valence-corrected chi connectivity index (χ1v) is 20.5. The summed E-state index contributed by atoms with van der Waals surface area (Å²) in [7, 11) is 1.13. The molecule has 0 fully saturated rings. The molecule has 1 unspecified atom stereocenters. The first kappa shape index (κ1) is 47.7. The molecular formula is C40H70NO8P. The summed E-state index contributed by atoms with van der Waals surface area (Å²) in [5, 5.41) is 0. The minimum absolute atomic E-state index is 0.0399. The summed E-state index contributed by atoms with van der Waals surface area (Å²) in [4.78, 5) is 37.2. The summed E-state index contributed by atoms with van der Waals surface area (Å²) in [6, 6.07) is 0. The zero-order valence-corrected chi connectivity index (χ0v) is 33.0. The molecule has 0 aliphatic rings. The van der Waals surface area contributed by atoms with Gasteiger partial charge in [-0.05, 0) is 57.8 Å². The summed E-state index contributed by atoms with van der Waals surface area (Å²) in [5.41, 5.74) is 0. The molecule has 0 amide bonds. The maximum atomic E-state index is 12.6. The molecule has 0 spiro atoms. The molecule has 10 heteroatoms. The van der Waals surface area contributed by atoms with Crippen LogP contribution in [0.5, 0.6) is 0 Å². The van der Waals surface area contributed by atoms with Crippen LogP contribution in [0, 0.1) is 0 Å². The van der Waals surface area contributed by atoms with Crippen molar-refractivity contribution in [1.82, 2.24) is 0 Å². The van der Waals surface area contributed by atoms with Crippen molar-refractivity contribution in [2.45, 2.75) is 136 Å². The first-order valence-electron chi connectivity index (χ1n) is 19.0. The van der Waals surface area contributed by atoms with Gasteiger partial charge in [0.2, 0.25) is 0 Å². The number of nitrogens with zero attached hydrogens (tertiary/aromatic N) is 1. The molecule has 0 saturated heterocycles. The number of likely N-dealkylation sites (N-methyl/N-ethyl adjacent to an activating group) is 1. The Hall–Kier alpha value is -2.29. The molecule has 0 saturated carbocycles. The number of ether oxygens (including phenoxy) is 2. The standard InChI is InChI=1S/C40H70NO8P/c1-6-8-10-12-14-15-16-17-18-19-20-21-22-23-24-25-27-29-31-33-40(43)49-38(37-48-50(44,45)47-35-34-41(3,4)5)36-46-39(42)32-30-28-26-13-11-9-7-2/h8,10,14-15,17-18,20-21,23-24,38H,6-7,9,11-13,16,19,22,25-37H2,1-5H3/b10-8+,15-14+,18-17+,21-20+,24-23+/t38-/m1/s1. The highest BCUT2D eigenvalue weighted by Gasteiger charge is 2.21. The van der Waals surface area contributed by atoms with Crippen LogP contribution in [0.3, 0.4) is 0 Å². The van der Waals surface area contributed by atoms with Crippen LogP contribution >= 0.6 is 7.82 Å². The summed E-state index contributed by atoms with van der Waals surface area (Å²) in [5.74, 6) is -0.887. The van der Waals surface area contributed by atoms with Crippen molar-refractivity contribution in [3.8, 4) is 0 Å². The number of phosphoric acid groups is 1. The van der Waals surface area contributed by atoms with Gasteiger partial charge in [0, 0.05) is 12.8 Å². The highest BCUT2D eigenvalue weighted by Crippen LogP contribution is 2.38. The summed E-state index contributed by atoms with van der Waals surface area (Å²) < 4.78 is 33.6. The fraction of sp³-hybridized carbons (Fsp3) is 0.700. The van der Waals surface area contributed by atoms with Crippen molar-refractivity contribution < 1.29 is 42.1 Å². The molecule has 50 heavy (non-hydrogen) atoms. The van der Waals surface area contributed by atoms with Gasteiger partial charge in [-0.25, -0.2) is 0 Å². The molecule has 288 valence electrons. The molecule has 0 N–H and O–H groups in total. The lowest BCUT2D eigenvalue weighted by Gasteiger charge is -2.28. The lowest BCUT2D eigenvalue weighted by Crippen LogP contribution is -2.37. The van der Waals surface area contributed by atoms with Crippen molar-refractivity contribution in [1.29, 1.82) is 0 Å². The number of carbonyl (C=O) groups excluding carboxylic acids is 2. The number of phosphoric ester groups is 1. The highest BCUT2D eigenvalue weighted by atomic mass is 31.2. The Balaban J connectivity index is 4.45. The van der Waals surface area contributed by atoms with E-state index in [9.17, 15) is 19.0 Å². The van der Waals surface area contributed by atoms with Crippen molar-refractivity contribution in [3.05, 3.63) is 60.8 Å². The summed E-state index contributed by atoms with van der Waals surface area (Å²) in [6.07, 6.45) is 37.0. The Kier molecular flexibility index (Phi) is 31.1. The minimum atomic E-state index is -4.62. The summed E-state index contributed by atoms with van der Waals surface area (Å²) >= 11 is 0. The van der Waals surface area contributed by atoms with E-state index in [1.807, 2.05) is 21.1 Å². The molecule has 0 radical (unpaired) electrons. The van der Waals surface area contributed by atoms with Gasteiger partial charge in [-0.1, -0.05) is 120 Å². The number of esters is 2. The van der Waals surface area contributed by atoms with Gasteiger partial charge in [0.15, 0.2) is 6.10 Å². The van der Waals surface area contributed by atoms with E-state index in [4.69, 9.17) is 18.5 Å². The normalized spacial score (nSPS) is 14.4. The minimum Gasteiger partial charge on any atom is -0.756 e. The van der Waals surface area contributed by atoms with Gasteiger partial charge in [-0.15, -0.1) is 0 Å². The van der Waals surface area contributed by atoms with Gasteiger partial charge >= 0.3 is 11.9 Å². The highest BCUT2D eigenvalue weighted by molar-refractivity contribution is 7.45. The number of carbonyl (C=O) groups is 2. The molecule has 0 heterocycles. The van der Waals surface area contributed by atoms with E-state index in [0.717, 1.165) is 77.0 Å². The molecule has 0 aliphatic carbocycles. The third-order valence-electron chi connectivity index (χ3n) is 7.55. The largest absolute Gasteiger partial charge is 0.756 e. The number of unbranched alkanes of at least 4 members (excludes halogenated alkanes) is 9. The Morgan fingerprint density at radius 2 is 1.14 bits per heavy atom. The molecule has 2 atom stereocenters. The van der Waals surface area contributed by atoms with Gasteiger partial charge in [0.25, 0.3) is 7.82 Å². The Bertz CT molecular complexity index is 1040. The molecule has 0 aliphatic heterocycles. The second-order valence-electron chi connectivity index (χ2n) is 13.6. The van der Waals surface area contributed by atoms with Crippen molar-refractivity contribution >= 4 is 19.8 Å². The van der Waals surface area contributed by atoms with E-state index in [1.54, 1.807) is 0 Å². The lowest BCUT2D eigenvalue weighted by atomic mass is 10.1.